The number of carbonyl (C=O) groups excluding carboxylic acids is 2. The second-order valence-electron chi connectivity index (χ2n) is 8.13. The zero-order valence-electron chi connectivity index (χ0n) is 20.2. The highest BCUT2D eigenvalue weighted by atomic mass is 79.9. The summed E-state index contributed by atoms with van der Waals surface area (Å²) in [5.74, 6) is -0.0985. The van der Waals surface area contributed by atoms with E-state index >= 15 is 0 Å². The molecule has 6 nitrogen and oxygen atoms in total. The van der Waals surface area contributed by atoms with E-state index in [1.807, 2.05) is 66.4 Å². The number of halogens is 1. The lowest BCUT2D eigenvalue weighted by Crippen LogP contribution is -2.44. The van der Waals surface area contributed by atoms with Crippen LogP contribution in [0, 0.1) is 6.92 Å². The summed E-state index contributed by atoms with van der Waals surface area (Å²) in [6, 6.07) is 21.2. The highest BCUT2D eigenvalue weighted by Gasteiger charge is 2.22. The predicted molar refractivity (Wildman–Crippen MR) is 146 cm³/mol. The van der Waals surface area contributed by atoms with Gasteiger partial charge >= 0.3 is 6.03 Å². The molecule has 1 aromatic heterocycles. The Balaban J connectivity index is 1.75. The molecular weight excluding hydrogens is 526 g/mol. The molecule has 1 N–H and O–H groups in total. The Morgan fingerprint density at radius 2 is 1.71 bits per heavy atom. The van der Waals surface area contributed by atoms with Gasteiger partial charge in [-0.3, -0.25) is 4.79 Å². The fraction of sp³-hybridized carbons (Fsp3) is 0.333. The van der Waals surface area contributed by atoms with Gasteiger partial charge in [-0.15, -0.1) is 11.3 Å². The van der Waals surface area contributed by atoms with Crippen LogP contribution in [0.2, 0.25) is 0 Å². The Hall–Kier alpha value is -2.68. The molecule has 3 rings (SSSR count). The van der Waals surface area contributed by atoms with Crippen molar-refractivity contribution in [1.82, 2.24) is 9.80 Å². The van der Waals surface area contributed by atoms with Crippen LogP contribution < -0.4 is 5.32 Å². The average molecular weight is 559 g/mol. The molecule has 186 valence electrons. The lowest BCUT2D eigenvalue weighted by Gasteiger charge is -2.28. The Labute approximate surface area is 220 Å². The first kappa shape index (κ1) is 26.9. The zero-order valence-corrected chi connectivity index (χ0v) is 22.6. The van der Waals surface area contributed by atoms with Crippen molar-refractivity contribution in [3.05, 3.63) is 86.5 Å². The number of urea groups is 1. The van der Waals surface area contributed by atoms with E-state index in [1.165, 1.54) is 4.88 Å². The number of hydrogen-bond donors (Lipinski definition) is 1. The van der Waals surface area contributed by atoms with Crippen molar-refractivity contribution in [2.75, 3.05) is 31.6 Å². The molecule has 0 radical (unpaired) electrons. The molecular formula is C27H32BrN3O3S. The van der Waals surface area contributed by atoms with Crippen molar-refractivity contribution in [2.24, 2.45) is 0 Å². The minimum atomic E-state index is -0.312. The molecule has 3 amide bonds. The van der Waals surface area contributed by atoms with Gasteiger partial charge in [0.05, 0.1) is 12.2 Å². The van der Waals surface area contributed by atoms with Crippen molar-refractivity contribution in [1.29, 1.82) is 0 Å². The number of hydrogen-bond acceptors (Lipinski definition) is 4. The van der Waals surface area contributed by atoms with Gasteiger partial charge in [-0.1, -0.05) is 42.5 Å². The smallest absolute Gasteiger partial charge is 0.322 e. The van der Waals surface area contributed by atoms with Crippen LogP contribution in [-0.4, -0.2) is 48.0 Å². The van der Waals surface area contributed by atoms with Crippen LogP contribution in [0.3, 0.4) is 0 Å². The summed E-state index contributed by atoms with van der Waals surface area (Å²) in [6.07, 6.45) is 0.646. The van der Waals surface area contributed by atoms with Gasteiger partial charge in [0.15, 0.2) is 0 Å². The van der Waals surface area contributed by atoms with E-state index in [0.717, 1.165) is 14.9 Å². The molecule has 0 fully saturated rings. The molecule has 35 heavy (non-hydrogen) atoms. The fourth-order valence-corrected chi connectivity index (χ4v) is 4.86. The Kier molecular flexibility index (Phi) is 10.8. The van der Waals surface area contributed by atoms with Crippen molar-refractivity contribution >= 4 is 44.9 Å². The molecule has 0 unspecified atom stereocenters. The summed E-state index contributed by atoms with van der Waals surface area (Å²) in [7, 11) is 0. The topological polar surface area (TPSA) is 61.9 Å². The third-order valence-electron chi connectivity index (χ3n) is 5.36. The normalized spacial score (nSPS) is 10.7. The monoisotopic (exact) mass is 557 g/mol. The number of thiophene rings is 1. The van der Waals surface area contributed by atoms with Crippen molar-refractivity contribution in [3.63, 3.8) is 0 Å². The molecule has 1 heterocycles. The number of benzene rings is 2. The van der Waals surface area contributed by atoms with Gasteiger partial charge in [-0.25, -0.2) is 4.79 Å². The van der Waals surface area contributed by atoms with Gasteiger partial charge in [0.25, 0.3) is 0 Å². The fourth-order valence-electron chi connectivity index (χ4n) is 3.57. The second kappa shape index (κ2) is 14.0. The summed E-state index contributed by atoms with van der Waals surface area (Å²) in [5, 5.41) is 2.93. The Morgan fingerprint density at radius 3 is 2.40 bits per heavy atom. The average Bonchev–Trinajstić information content (AvgIpc) is 3.27. The van der Waals surface area contributed by atoms with Crippen LogP contribution in [0.5, 0.6) is 0 Å². The molecule has 0 spiro atoms. The third-order valence-corrected chi connectivity index (χ3v) is 7.04. The van der Waals surface area contributed by atoms with Crippen LogP contribution in [-0.2, 0) is 22.6 Å². The minimum absolute atomic E-state index is 0.0143. The Bertz CT molecular complexity index is 1090. The van der Waals surface area contributed by atoms with Gasteiger partial charge in [-0.05, 0) is 66.0 Å². The molecule has 0 atom stereocenters. The van der Waals surface area contributed by atoms with Crippen LogP contribution in [0.25, 0.3) is 0 Å². The van der Waals surface area contributed by atoms with E-state index < -0.39 is 0 Å². The number of nitrogens with zero attached hydrogens (tertiary/aromatic N) is 2. The van der Waals surface area contributed by atoms with Crippen molar-refractivity contribution in [3.8, 4) is 0 Å². The summed E-state index contributed by atoms with van der Waals surface area (Å²) in [6.45, 7) is 6.54. The van der Waals surface area contributed by atoms with E-state index in [-0.39, 0.29) is 18.5 Å². The molecule has 0 aliphatic carbocycles. The first-order valence-electron chi connectivity index (χ1n) is 11.7. The number of rotatable bonds is 12. The van der Waals surface area contributed by atoms with Gasteiger partial charge in [0, 0.05) is 40.5 Å². The van der Waals surface area contributed by atoms with Crippen LogP contribution in [0.1, 0.15) is 28.7 Å². The molecule has 0 aliphatic rings. The zero-order chi connectivity index (χ0) is 25.0. The highest BCUT2D eigenvalue weighted by Crippen LogP contribution is 2.22. The largest absolute Gasteiger partial charge is 0.382 e. The van der Waals surface area contributed by atoms with Crippen LogP contribution in [0.15, 0.2) is 71.2 Å². The number of carbonyl (C=O) groups is 2. The Morgan fingerprint density at radius 1 is 0.971 bits per heavy atom. The number of nitrogens with one attached hydrogen (secondary N) is 1. The maximum Gasteiger partial charge on any atom is 0.322 e. The molecule has 0 saturated carbocycles. The van der Waals surface area contributed by atoms with Crippen LogP contribution in [0.4, 0.5) is 10.5 Å². The summed E-state index contributed by atoms with van der Waals surface area (Å²) < 4.78 is 6.24. The predicted octanol–water partition coefficient (Wildman–Crippen LogP) is 6.31. The summed E-state index contributed by atoms with van der Waals surface area (Å²) >= 11 is 5.15. The molecule has 8 heteroatoms. The quantitative estimate of drug-likeness (QED) is 0.265. The lowest BCUT2D eigenvalue weighted by atomic mass is 10.2. The summed E-state index contributed by atoms with van der Waals surface area (Å²) in [4.78, 5) is 32.5. The maximum absolute atomic E-state index is 13.6. The maximum atomic E-state index is 13.6. The number of aryl methyl sites for hydroxylation is 1. The van der Waals surface area contributed by atoms with Crippen molar-refractivity contribution < 1.29 is 14.3 Å². The van der Waals surface area contributed by atoms with E-state index in [2.05, 4.69) is 40.3 Å². The third kappa shape index (κ3) is 8.80. The number of para-hydroxylation sites is 1. The van der Waals surface area contributed by atoms with Gasteiger partial charge in [0.2, 0.25) is 5.91 Å². The van der Waals surface area contributed by atoms with Crippen LogP contribution >= 0.6 is 27.3 Å². The van der Waals surface area contributed by atoms with E-state index in [0.29, 0.717) is 45.0 Å². The molecule has 2 aromatic carbocycles. The number of amides is 3. The second-order valence-corrected chi connectivity index (χ2v) is 10.4. The van der Waals surface area contributed by atoms with Gasteiger partial charge in [0.1, 0.15) is 6.54 Å². The molecule has 0 aliphatic heterocycles. The standard InChI is InChI=1S/C27H32BrN3O3S/c1-3-34-17-9-16-30(27(33)29-25-13-8-7-12-24(25)28)20-26(32)31(18-22-10-5-4-6-11-22)19-23-15-14-21(2)35-23/h4-8,10-15H,3,9,16-20H2,1-2H3,(H,29,33). The van der Waals surface area contributed by atoms with E-state index in [1.54, 1.807) is 16.2 Å². The molecule has 3 aromatic rings. The van der Waals surface area contributed by atoms with Crippen molar-refractivity contribution in [2.45, 2.75) is 33.4 Å². The van der Waals surface area contributed by atoms with E-state index in [9.17, 15) is 9.59 Å². The van der Waals surface area contributed by atoms with Gasteiger partial charge in [-0.2, -0.15) is 0 Å². The van der Waals surface area contributed by atoms with Gasteiger partial charge < -0.3 is 19.9 Å². The molecule has 0 saturated heterocycles. The summed E-state index contributed by atoms with van der Waals surface area (Å²) in [5.41, 5.74) is 1.71. The number of ether oxygens (including phenoxy) is 1. The highest BCUT2D eigenvalue weighted by molar-refractivity contribution is 9.10. The minimum Gasteiger partial charge on any atom is -0.382 e. The van der Waals surface area contributed by atoms with E-state index in [4.69, 9.17) is 4.74 Å². The first-order valence-corrected chi connectivity index (χ1v) is 13.3. The number of anilines is 1. The SMILES string of the molecule is CCOCCCN(CC(=O)N(Cc1ccccc1)Cc1ccc(C)s1)C(=O)Nc1ccccc1Br. The molecule has 0 bridgehead atoms. The first-order chi connectivity index (χ1) is 17.0. The lowest BCUT2D eigenvalue weighted by molar-refractivity contribution is -0.133.